The van der Waals surface area contributed by atoms with Gasteiger partial charge in [-0.05, 0) is 38.0 Å². The molecule has 2 aromatic carbocycles. The van der Waals surface area contributed by atoms with Crippen molar-refractivity contribution in [2.45, 2.75) is 40.0 Å². The van der Waals surface area contributed by atoms with Crippen LogP contribution in [0.3, 0.4) is 0 Å². The van der Waals surface area contributed by atoms with Crippen LogP contribution in [0.5, 0.6) is 11.5 Å². The van der Waals surface area contributed by atoms with Crippen LogP contribution in [0.1, 0.15) is 49.8 Å². The Kier molecular flexibility index (Phi) is 5.59. The summed E-state index contributed by atoms with van der Waals surface area (Å²) >= 11 is 0. The van der Waals surface area contributed by atoms with Gasteiger partial charge in [0.05, 0.1) is 18.8 Å². The summed E-state index contributed by atoms with van der Waals surface area (Å²) in [6, 6.07) is 13.4. The Bertz CT molecular complexity index is 817. The molecule has 5 nitrogen and oxygen atoms in total. The first-order valence-corrected chi connectivity index (χ1v) is 9.42. The zero-order valence-corrected chi connectivity index (χ0v) is 16.7. The molecule has 0 saturated carbocycles. The van der Waals surface area contributed by atoms with Gasteiger partial charge in [0.1, 0.15) is 6.17 Å². The topological polar surface area (TPSA) is 50.8 Å². The van der Waals surface area contributed by atoms with Crippen molar-refractivity contribution in [3.63, 3.8) is 0 Å². The zero-order valence-electron chi connectivity index (χ0n) is 16.7. The molecule has 1 heterocycles. The molecule has 1 N–H and O–H groups in total. The molecule has 1 amide bonds. The van der Waals surface area contributed by atoms with Gasteiger partial charge < -0.3 is 19.7 Å². The summed E-state index contributed by atoms with van der Waals surface area (Å²) in [5.74, 6) is 1.71. The summed E-state index contributed by atoms with van der Waals surface area (Å²) < 4.78 is 11.6. The first-order valence-electron chi connectivity index (χ1n) is 9.42. The maximum Gasteiger partial charge on any atom is 0.257 e. The molecule has 144 valence electrons. The number of fused-ring (bicyclic) bond motifs is 1. The quantitative estimate of drug-likeness (QED) is 0.803. The number of para-hydroxylation sites is 2. The van der Waals surface area contributed by atoms with Gasteiger partial charge in [0.15, 0.2) is 11.5 Å². The third-order valence-electron chi connectivity index (χ3n) is 4.46. The van der Waals surface area contributed by atoms with Crippen molar-refractivity contribution in [1.29, 1.82) is 0 Å². The molecule has 0 aromatic heterocycles. The van der Waals surface area contributed by atoms with E-state index in [1.165, 1.54) is 0 Å². The summed E-state index contributed by atoms with van der Waals surface area (Å²) in [7, 11) is 1.63. The molecule has 2 aromatic rings. The van der Waals surface area contributed by atoms with Crippen LogP contribution in [0.4, 0.5) is 5.69 Å². The Balaban J connectivity index is 2.12. The standard InChI is InChI=1S/C22H28N2O3/c1-14(2)13-24-21(23-18-11-7-6-9-16(18)22(24)25)17-10-8-12-19(26-5)20(17)27-15(3)4/h6-12,14-15,21,23H,13H2,1-5H3. The number of hydrogen-bond donors (Lipinski definition) is 1. The van der Waals surface area contributed by atoms with Crippen LogP contribution < -0.4 is 14.8 Å². The Hall–Kier alpha value is -2.69. The lowest BCUT2D eigenvalue weighted by molar-refractivity contribution is 0.0653. The Morgan fingerprint density at radius 2 is 1.81 bits per heavy atom. The Morgan fingerprint density at radius 1 is 1.07 bits per heavy atom. The van der Waals surface area contributed by atoms with E-state index in [1.807, 2.05) is 61.2 Å². The highest BCUT2D eigenvalue weighted by atomic mass is 16.5. The largest absolute Gasteiger partial charge is 0.493 e. The summed E-state index contributed by atoms with van der Waals surface area (Å²) in [4.78, 5) is 15.1. The predicted molar refractivity (Wildman–Crippen MR) is 107 cm³/mol. The van der Waals surface area contributed by atoms with E-state index in [1.54, 1.807) is 7.11 Å². The number of amides is 1. The highest BCUT2D eigenvalue weighted by Gasteiger charge is 2.35. The molecular formula is C22H28N2O3. The van der Waals surface area contributed by atoms with Crippen molar-refractivity contribution in [2.75, 3.05) is 19.0 Å². The molecular weight excluding hydrogens is 340 g/mol. The maximum atomic E-state index is 13.2. The van der Waals surface area contributed by atoms with E-state index >= 15 is 0 Å². The van der Waals surface area contributed by atoms with Gasteiger partial charge in [-0.15, -0.1) is 0 Å². The number of carbonyl (C=O) groups is 1. The monoisotopic (exact) mass is 368 g/mol. The highest BCUT2D eigenvalue weighted by molar-refractivity contribution is 6.01. The molecule has 5 heteroatoms. The van der Waals surface area contributed by atoms with E-state index in [0.717, 1.165) is 11.3 Å². The van der Waals surface area contributed by atoms with Gasteiger partial charge >= 0.3 is 0 Å². The fourth-order valence-corrected chi connectivity index (χ4v) is 3.39. The smallest absolute Gasteiger partial charge is 0.257 e. The second-order valence-corrected chi connectivity index (χ2v) is 7.49. The Labute approximate surface area is 161 Å². The van der Waals surface area contributed by atoms with Crippen molar-refractivity contribution < 1.29 is 14.3 Å². The summed E-state index contributed by atoms with van der Waals surface area (Å²) in [6.45, 7) is 8.83. The third kappa shape index (κ3) is 3.87. The lowest BCUT2D eigenvalue weighted by atomic mass is 10.0. The summed E-state index contributed by atoms with van der Waals surface area (Å²) in [6.07, 6.45) is -0.330. The fraction of sp³-hybridized carbons (Fsp3) is 0.409. The van der Waals surface area contributed by atoms with Crippen LogP contribution in [0, 0.1) is 5.92 Å². The molecule has 1 unspecified atom stereocenters. The number of anilines is 1. The van der Waals surface area contributed by atoms with Gasteiger partial charge in [0.2, 0.25) is 0 Å². The molecule has 27 heavy (non-hydrogen) atoms. The second-order valence-electron chi connectivity index (χ2n) is 7.49. The Morgan fingerprint density at radius 3 is 2.48 bits per heavy atom. The predicted octanol–water partition coefficient (Wildman–Crippen LogP) is 4.70. The number of hydrogen-bond acceptors (Lipinski definition) is 4. The van der Waals surface area contributed by atoms with E-state index in [9.17, 15) is 4.79 Å². The van der Waals surface area contributed by atoms with Crippen LogP contribution in [0.25, 0.3) is 0 Å². The van der Waals surface area contributed by atoms with Crippen LogP contribution in [0.15, 0.2) is 42.5 Å². The average Bonchev–Trinajstić information content (AvgIpc) is 2.63. The van der Waals surface area contributed by atoms with Gasteiger partial charge in [-0.1, -0.05) is 38.1 Å². The molecule has 0 radical (unpaired) electrons. The molecule has 0 fully saturated rings. The molecule has 0 aliphatic carbocycles. The third-order valence-corrected chi connectivity index (χ3v) is 4.46. The number of benzene rings is 2. The minimum absolute atomic E-state index is 0.00910. The van der Waals surface area contributed by atoms with Crippen molar-refractivity contribution in [3.8, 4) is 11.5 Å². The van der Waals surface area contributed by atoms with Gasteiger partial charge in [0, 0.05) is 17.8 Å². The van der Waals surface area contributed by atoms with Crippen LogP contribution in [0.2, 0.25) is 0 Å². The SMILES string of the molecule is COc1cccc(C2Nc3ccccc3C(=O)N2CC(C)C)c1OC(C)C. The van der Waals surface area contributed by atoms with Crippen molar-refractivity contribution in [1.82, 2.24) is 4.90 Å². The lowest BCUT2D eigenvalue weighted by Gasteiger charge is -2.39. The average molecular weight is 368 g/mol. The van der Waals surface area contributed by atoms with Crippen LogP contribution >= 0.6 is 0 Å². The number of methoxy groups -OCH3 is 1. The van der Waals surface area contributed by atoms with E-state index in [4.69, 9.17) is 9.47 Å². The first kappa shape index (κ1) is 19.1. The zero-order chi connectivity index (χ0) is 19.6. The molecule has 1 aliphatic heterocycles. The fourth-order valence-electron chi connectivity index (χ4n) is 3.39. The summed E-state index contributed by atoms with van der Waals surface area (Å²) in [5, 5.41) is 3.53. The number of ether oxygens (including phenoxy) is 2. The number of carbonyl (C=O) groups excluding carboxylic acids is 1. The van der Waals surface area contributed by atoms with Gasteiger partial charge in [0.25, 0.3) is 5.91 Å². The molecule has 0 saturated heterocycles. The second kappa shape index (κ2) is 7.91. The molecule has 1 aliphatic rings. The number of nitrogens with one attached hydrogen (secondary N) is 1. The van der Waals surface area contributed by atoms with Gasteiger partial charge in [-0.2, -0.15) is 0 Å². The van der Waals surface area contributed by atoms with E-state index < -0.39 is 0 Å². The molecule has 1 atom stereocenters. The lowest BCUT2D eigenvalue weighted by Crippen LogP contribution is -2.44. The maximum absolute atomic E-state index is 13.2. The normalized spacial score (nSPS) is 16.3. The van der Waals surface area contributed by atoms with E-state index in [0.29, 0.717) is 29.5 Å². The van der Waals surface area contributed by atoms with E-state index in [-0.39, 0.29) is 18.2 Å². The first-order chi connectivity index (χ1) is 12.9. The van der Waals surface area contributed by atoms with Crippen LogP contribution in [-0.4, -0.2) is 30.6 Å². The molecule has 0 bridgehead atoms. The van der Waals surface area contributed by atoms with Crippen molar-refractivity contribution in [2.24, 2.45) is 5.92 Å². The minimum Gasteiger partial charge on any atom is -0.493 e. The number of nitrogens with zero attached hydrogens (tertiary/aromatic N) is 1. The summed E-state index contributed by atoms with van der Waals surface area (Å²) in [5.41, 5.74) is 2.43. The van der Waals surface area contributed by atoms with Crippen molar-refractivity contribution in [3.05, 3.63) is 53.6 Å². The van der Waals surface area contributed by atoms with Gasteiger partial charge in [-0.3, -0.25) is 4.79 Å². The minimum atomic E-state index is -0.321. The van der Waals surface area contributed by atoms with Crippen LogP contribution in [-0.2, 0) is 0 Å². The highest BCUT2D eigenvalue weighted by Crippen LogP contribution is 2.41. The molecule has 3 rings (SSSR count). The molecule has 0 spiro atoms. The number of rotatable bonds is 6. The van der Waals surface area contributed by atoms with Crippen molar-refractivity contribution >= 4 is 11.6 Å². The van der Waals surface area contributed by atoms with E-state index in [2.05, 4.69) is 19.2 Å². The van der Waals surface area contributed by atoms with Gasteiger partial charge in [-0.25, -0.2) is 0 Å².